The molecule has 1 atom stereocenters. The molecule has 2 aromatic heterocycles. The molecule has 1 unspecified atom stereocenters. The maximum absolute atomic E-state index is 12.0. The molecule has 3 N–H and O–H groups in total. The summed E-state index contributed by atoms with van der Waals surface area (Å²) in [4.78, 5) is 37.1. The van der Waals surface area contributed by atoms with E-state index < -0.39 is 0 Å². The van der Waals surface area contributed by atoms with E-state index in [-0.39, 0.29) is 24.9 Å². The molecule has 0 spiro atoms. The van der Waals surface area contributed by atoms with Crippen molar-refractivity contribution in [3.8, 4) is 0 Å². The van der Waals surface area contributed by atoms with Crippen LogP contribution in [-0.2, 0) is 28.0 Å². The SMILES string of the molecule is CCCC(NC(=O)CCn1ccnc1)c1nccn1C.O=CO.O=CO. The lowest BCUT2D eigenvalue weighted by atomic mass is 10.1. The third-order valence-electron chi connectivity index (χ3n) is 3.24. The molecule has 0 saturated carbocycles. The van der Waals surface area contributed by atoms with Crippen LogP contribution in [0.15, 0.2) is 31.1 Å². The van der Waals surface area contributed by atoms with Crippen molar-refractivity contribution >= 4 is 18.9 Å². The minimum Gasteiger partial charge on any atom is -0.483 e. The van der Waals surface area contributed by atoms with Gasteiger partial charge in [-0.2, -0.15) is 0 Å². The van der Waals surface area contributed by atoms with Gasteiger partial charge in [-0.15, -0.1) is 0 Å². The first-order valence-corrected chi connectivity index (χ1v) is 7.91. The quantitative estimate of drug-likeness (QED) is 0.622. The van der Waals surface area contributed by atoms with Gasteiger partial charge in [0, 0.05) is 44.8 Å². The molecule has 2 heterocycles. The number of aryl methyl sites for hydroxylation is 2. The van der Waals surface area contributed by atoms with Crippen molar-refractivity contribution in [1.82, 2.24) is 24.4 Å². The molecular weight excluding hydrogens is 342 g/mol. The second-order valence-electron chi connectivity index (χ2n) is 5.07. The van der Waals surface area contributed by atoms with Crippen LogP contribution in [0.2, 0.25) is 0 Å². The molecule has 0 radical (unpaired) electrons. The lowest BCUT2D eigenvalue weighted by Gasteiger charge is -2.18. The number of amides is 1. The van der Waals surface area contributed by atoms with Crippen LogP contribution in [0, 0.1) is 0 Å². The standard InChI is InChI=1S/C14H21N5O.2CH2O2/c1-3-4-12(14-16-7-9-18(14)2)17-13(20)5-8-19-10-6-15-11-19;2*2-1-3/h6-7,9-12H,3-5,8H2,1-2H3,(H,17,20);2*1H,(H,2,3). The molecule has 2 rings (SSSR count). The van der Waals surface area contributed by atoms with Crippen LogP contribution in [0.3, 0.4) is 0 Å². The van der Waals surface area contributed by atoms with Crippen molar-refractivity contribution in [3.63, 3.8) is 0 Å². The van der Waals surface area contributed by atoms with E-state index >= 15 is 0 Å². The summed E-state index contributed by atoms with van der Waals surface area (Å²) in [7, 11) is 1.95. The van der Waals surface area contributed by atoms with E-state index in [4.69, 9.17) is 19.8 Å². The summed E-state index contributed by atoms with van der Waals surface area (Å²) < 4.78 is 3.85. The molecule has 0 aromatic carbocycles. The van der Waals surface area contributed by atoms with E-state index in [0.717, 1.165) is 18.7 Å². The topological polar surface area (TPSA) is 139 Å². The Morgan fingerprint density at radius 2 is 1.92 bits per heavy atom. The highest BCUT2D eigenvalue weighted by atomic mass is 16.3. The number of rotatable bonds is 7. The third kappa shape index (κ3) is 9.21. The summed E-state index contributed by atoms with van der Waals surface area (Å²) in [6, 6.07) is -0.0183. The van der Waals surface area contributed by atoms with E-state index in [1.165, 1.54) is 0 Å². The number of carbonyl (C=O) groups excluding carboxylic acids is 1. The molecule has 26 heavy (non-hydrogen) atoms. The van der Waals surface area contributed by atoms with Gasteiger partial charge in [0.05, 0.1) is 12.4 Å². The van der Waals surface area contributed by atoms with E-state index in [0.29, 0.717) is 13.0 Å². The molecule has 10 nitrogen and oxygen atoms in total. The van der Waals surface area contributed by atoms with Crippen LogP contribution in [0.4, 0.5) is 0 Å². The molecule has 0 bridgehead atoms. The van der Waals surface area contributed by atoms with Crippen LogP contribution >= 0.6 is 0 Å². The van der Waals surface area contributed by atoms with Crippen molar-refractivity contribution in [2.75, 3.05) is 0 Å². The molecule has 10 heteroatoms. The van der Waals surface area contributed by atoms with E-state index in [1.807, 2.05) is 28.6 Å². The van der Waals surface area contributed by atoms with Crippen LogP contribution in [0.1, 0.15) is 38.1 Å². The van der Waals surface area contributed by atoms with Gasteiger partial charge in [-0.25, -0.2) is 9.97 Å². The van der Waals surface area contributed by atoms with Gasteiger partial charge in [0.2, 0.25) is 5.91 Å². The number of hydrogen-bond donors (Lipinski definition) is 3. The number of hydrogen-bond acceptors (Lipinski definition) is 5. The van der Waals surface area contributed by atoms with Gasteiger partial charge in [0.25, 0.3) is 12.9 Å². The molecule has 0 aliphatic carbocycles. The van der Waals surface area contributed by atoms with E-state index in [9.17, 15) is 4.79 Å². The van der Waals surface area contributed by atoms with Gasteiger partial charge < -0.3 is 24.7 Å². The van der Waals surface area contributed by atoms with Crippen LogP contribution in [0.25, 0.3) is 0 Å². The fourth-order valence-corrected chi connectivity index (χ4v) is 2.18. The van der Waals surface area contributed by atoms with Crippen LogP contribution < -0.4 is 5.32 Å². The summed E-state index contributed by atoms with van der Waals surface area (Å²) >= 11 is 0. The smallest absolute Gasteiger partial charge is 0.290 e. The number of carboxylic acid groups (broad SMARTS) is 2. The Morgan fingerprint density at radius 3 is 2.38 bits per heavy atom. The zero-order valence-electron chi connectivity index (χ0n) is 14.9. The zero-order chi connectivity index (χ0) is 19.8. The van der Waals surface area contributed by atoms with Gasteiger partial charge in [-0.1, -0.05) is 13.3 Å². The van der Waals surface area contributed by atoms with Gasteiger partial charge in [-0.05, 0) is 6.42 Å². The molecule has 0 aliphatic heterocycles. The Hall–Kier alpha value is -3.17. The molecule has 2 aromatic rings. The van der Waals surface area contributed by atoms with Crippen LogP contribution in [0.5, 0.6) is 0 Å². The Kier molecular flexibility index (Phi) is 12.5. The van der Waals surface area contributed by atoms with E-state index in [1.54, 1.807) is 18.7 Å². The normalized spacial score (nSPS) is 10.4. The summed E-state index contributed by atoms with van der Waals surface area (Å²) in [6.07, 6.45) is 11.3. The zero-order valence-corrected chi connectivity index (χ0v) is 14.9. The number of aromatic nitrogens is 4. The summed E-state index contributed by atoms with van der Waals surface area (Å²) in [6.45, 7) is 2.25. The Bertz CT molecular complexity index is 621. The van der Waals surface area contributed by atoms with Crippen LogP contribution in [-0.4, -0.2) is 48.2 Å². The number of nitrogens with one attached hydrogen (secondary N) is 1. The molecular formula is C16H25N5O5. The van der Waals surface area contributed by atoms with Gasteiger partial charge in [0.1, 0.15) is 5.82 Å². The first kappa shape index (κ1) is 22.8. The first-order valence-electron chi connectivity index (χ1n) is 7.91. The van der Waals surface area contributed by atoms with Gasteiger partial charge in [0.15, 0.2) is 0 Å². The predicted molar refractivity (Wildman–Crippen MR) is 93.2 cm³/mol. The highest BCUT2D eigenvalue weighted by molar-refractivity contribution is 5.76. The largest absolute Gasteiger partial charge is 0.483 e. The Labute approximate surface area is 151 Å². The molecule has 0 aliphatic rings. The van der Waals surface area contributed by atoms with Crippen molar-refractivity contribution in [3.05, 3.63) is 36.9 Å². The first-order chi connectivity index (χ1) is 12.5. The van der Waals surface area contributed by atoms with Crippen molar-refractivity contribution < 1.29 is 24.6 Å². The number of carbonyl (C=O) groups is 3. The maximum atomic E-state index is 12.0. The summed E-state index contributed by atoms with van der Waals surface area (Å²) in [5, 5.41) is 16.8. The minimum absolute atomic E-state index is 0.0183. The Morgan fingerprint density at radius 1 is 1.27 bits per heavy atom. The third-order valence-corrected chi connectivity index (χ3v) is 3.24. The van der Waals surface area contributed by atoms with Crippen molar-refractivity contribution in [2.24, 2.45) is 7.05 Å². The van der Waals surface area contributed by atoms with Crippen molar-refractivity contribution in [1.29, 1.82) is 0 Å². The minimum atomic E-state index is -0.250. The average molecular weight is 367 g/mol. The monoisotopic (exact) mass is 367 g/mol. The van der Waals surface area contributed by atoms with Crippen molar-refractivity contribution in [2.45, 2.75) is 38.8 Å². The molecule has 0 saturated heterocycles. The maximum Gasteiger partial charge on any atom is 0.290 e. The summed E-state index contributed by atoms with van der Waals surface area (Å²) in [5.41, 5.74) is 0. The number of nitrogens with zero attached hydrogens (tertiary/aromatic N) is 4. The second-order valence-corrected chi connectivity index (χ2v) is 5.07. The van der Waals surface area contributed by atoms with E-state index in [2.05, 4.69) is 22.2 Å². The average Bonchev–Trinajstić information content (AvgIpc) is 3.25. The predicted octanol–water partition coefficient (Wildman–Crippen LogP) is 1.07. The fourth-order valence-electron chi connectivity index (χ4n) is 2.18. The lowest BCUT2D eigenvalue weighted by Crippen LogP contribution is -2.30. The number of imidazole rings is 2. The van der Waals surface area contributed by atoms with Gasteiger partial charge >= 0.3 is 0 Å². The molecule has 1 amide bonds. The Balaban J connectivity index is 0.000000918. The lowest BCUT2D eigenvalue weighted by molar-refractivity contribution is -0.123. The molecule has 144 valence electrons. The highest BCUT2D eigenvalue weighted by Gasteiger charge is 2.17. The second kappa shape index (κ2) is 14.2. The molecule has 0 fully saturated rings. The van der Waals surface area contributed by atoms with Gasteiger partial charge in [-0.3, -0.25) is 14.4 Å². The highest BCUT2D eigenvalue weighted by Crippen LogP contribution is 2.16. The summed E-state index contributed by atoms with van der Waals surface area (Å²) in [5.74, 6) is 0.947. The fraction of sp³-hybridized carbons (Fsp3) is 0.438.